The number of nitrogens with zero attached hydrogens (tertiary/aromatic N) is 3. The van der Waals surface area contributed by atoms with Crippen LogP contribution in [0.2, 0.25) is 0 Å². The first-order valence-corrected chi connectivity index (χ1v) is 5.64. The number of hydrogen-bond acceptors (Lipinski definition) is 4. The van der Waals surface area contributed by atoms with Crippen LogP contribution in [-0.4, -0.2) is 39.5 Å². The Labute approximate surface area is 107 Å². The van der Waals surface area contributed by atoms with Crippen molar-refractivity contribution in [2.45, 2.75) is 32.4 Å². The van der Waals surface area contributed by atoms with Crippen LogP contribution in [-0.2, 0) is 16.6 Å². The molecule has 0 saturated heterocycles. The van der Waals surface area contributed by atoms with Crippen molar-refractivity contribution in [2.75, 3.05) is 7.05 Å². The highest BCUT2D eigenvalue weighted by Crippen LogP contribution is 2.18. The number of aryl methyl sites for hydroxylation is 1. The zero-order valence-corrected chi connectivity index (χ0v) is 11.4. The molecule has 0 spiro atoms. The zero-order valence-electron chi connectivity index (χ0n) is 11.4. The van der Waals surface area contributed by atoms with Crippen molar-refractivity contribution in [1.29, 1.82) is 0 Å². The second-order valence-electron chi connectivity index (χ2n) is 5.07. The lowest BCUT2D eigenvalue weighted by Crippen LogP contribution is -2.38. The number of hydrogen-bond donors (Lipinski definition) is 0. The molecule has 0 aliphatic carbocycles. The highest BCUT2D eigenvalue weighted by Gasteiger charge is 2.28. The van der Waals surface area contributed by atoms with Gasteiger partial charge in [0, 0.05) is 26.5 Å². The molecule has 1 aromatic rings. The van der Waals surface area contributed by atoms with E-state index in [0.717, 1.165) is 0 Å². The summed E-state index contributed by atoms with van der Waals surface area (Å²) in [5.74, 6) is 0.498. The second kappa shape index (κ2) is 5.20. The third-order valence-corrected chi connectivity index (χ3v) is 2.35. The number of likely N-dealkylation sites (N-methyl/N-ethyl adjacent to an activating group) is 1. The molecular formula is C12H19N3O3. The molecule has 18 heavy (non-hydrogen) atoms. The molecule has 1 heterocycles. The van der Waals surface area contributed by atoms with Crippen molar-refractivity contribution >= 4 is 12.4 Å². The van der Waals surface area contributed by atoms with E-state index in [1.54, 1.807) is 44.8 Å². The predicted molar refractivity (Wildman–Crippen MR) is 66.0 cm³/mol. The van der Waals surface area contributed by atoms with Crippen LogP contribution in [0.1, 0.15) is 32.6 Å². The van der Waals surface area contributed by atoms with Crippen molar-refractivity contribution in [3.63, 3.8) is 0 Å². The third kappa shape index (κ3) is 3.32. The van der Waals surface area contributed by atoms with Gasteiger partial charge in [-0.3, -0.25) is 4.90 Å². The van der Waals surface area contributed by atoms with E-state index in [1.165, 1.54) is 11.9 Å². The molecule has 1 atom stereocenters. The molecule has 1 unspecified atom stereocenters. The summed E-state index contributed by atoms with van der Waals surface area (Å²) in [4.78, 5) is 28.3. The van der Waals surface area contributed by atoms with E-state index in [1.807, 2.05) is 0 Å². The van der Waals surface area contributed by atoms with Crippen LogP contribution in [0.3, 0.4) is 0 Å². The fraction of sp³-hybridized carbons (Fsp3) is 0.583. The summed E-state index contributed by atoms with van der Waals surface area (Å²) in [5, 5.41) is 0. The van der Waals surface area contributed by atoms with Gasteiger partial charge in [0.2, 0.25) is 0 Å². The Morgan fingerprint density at radius 3 is 2.56 bits per heavy atom. The first kappa shape index (κ1) is 14.2. The average Bonchev–Trinajstić information content (AvgIpc) is 2.63. The Morgan fingerprint density at radius 1 is 1.56 bits per heavy atom. The van der Waals surface area contributed by atoms with Gasteiger partial charge in [-0.05, 0) is 20.8 Å². The number of carbonyl (C=O) groups is 2. The summed E-state index contributed by atoms with van der Waals surface area (Å²) < 4.78 is 6.91. The topological polar surface area (TPSA) is 64.4 Å². The Kier molecular flexibility index (Phi) is 4.11. The summed E-state index contributed by atoms with van der Waals surface area (Å²) in [7, 11) is 3.28. The maximum absolute atomic E-state index is 11.9. The van der Waals surface area contributed by atoms with Gasteiger partial charge >= 0.3 is 6.09 Å². The van der Waals surface area contributed by atoms with Gasteiger partial charge in [-0.25, -0.2) is 9.78 Å². The highest BCUT2D eigenvalue weighted by molar-refractivity contribution is 5.74. The van der Waals surface area contributed by atoms with Gasteiger partial charge in [0.15, 0.2) is 0 Å². The lowest BCUT2D eigenvalue weighted by atomic mass is 10.2. The summed E-state index contributed by atoms with van der Waals surface area (Å²) in [5.41, 5.74) is -0.597. The minimum atomic E-state index is -0.750. The molecule has 100 valence electrons. The average molecular weight is 253 g/mol. The minimum absolute atomic E-state index is 0.498. The molecule has 0 aliphatic heterocycles. The van der Waals surface area contributed by atoms with Gasteiger partial charge in [-0.15, -0.1) is 0 Å². The molecule has 0 radical (unpaired) electrons. The lowest BCUT2D eigenvalue weighted by molar-refractivity contribution is -0.112. The van der Waals surface area contributed by atoms with Gasteiger partial charge in [-0.2, -0.15) is 0 Å². The van der Waals surface area contributed by atoms with Crippen LogP contribution in [0, 0.1) is 0 Å². The number of imidazole rings is 1. The first-order valence-electron chi connectivity index (χ1n) is 5.64. The number of carbonyl (C=O) groups excluding carboxylic acids is 2. The number of rotatable bonds is 3. The van der Waals surface area contributed by atoms with Gasteiger partial charge in [-0.1, -0.05) is 0 Å². The molecule has 0 aromatic carbocycles. The van der Waals surface area contributed by atoms with E-state index < -0.39 is 17.7 Å². The van der Waals surface area contributed by atoms with Gasteiger partial charge in [0.1, 0.15) is 23.8 Å². The highest BCUT2D eigenvalue weighted by atomic mass is 16.6. The molecule has 6 heteroatoms. The standard InChI is InChI=1S/C12H19N3O3/c1-12(2,3)18-11(17)15(5)9(8-16)10-13-6-7-14(10)4/h6-9H,1-5H3. The van der Waals surface area contributed by atoms with Crippen molar-refractivity contribution in [3.05, 3.63) is 18.2 Å². The molecule has 1 aromatic heterocycles. The quantitative estimate of drug-likeness (QED) is 0.766. The predicted octanol–water partition coefficient (Wildman–Crippen LogP) is 1.53. The maximum atomic E-state index is 11.9. The molecule has 1 rings (SSSR count). The molecule has 0 bridgehead atoms. The summed E-state index contributed by atoms with van der Waals surface area (Å²) >= 11 is 0. The summed E-state index contributed by atoms with van der Waals surface area (Å²) in [6.07, 6.45) is 3.41. The number of amides is 1. The molecule has 0 saturated carbocycles. The Balaban J connectivity index is 2.87. The van der Waals surface area contributed by atoms with Crippen LogP contribution in [0.15, 0.2) is 12.4 Å². The van der Waals surface area contributed by atoms with E-state index in [4.69, 9.17) is 4.74 Å². The second-order valence-corrected chi connectivity index (χ2v) is 5.07. The van der Waals surface area contributed by atoms with Crippen LogP contribution in [0.25, 0.3) is 0 Å². The smallest absolute Gasteiger partial charge is 0.411 e. The van der Waals surface area contributed by atoms with Crippen molar-refractivity contribution in [1.82, 2.24) is 14.5 Å². The summed E-state index contributed by atoms with van der Waals surface area (Å²) in [6.45, 7) is 5.32. The van der Waals surface area contributed by atoms with Crippen molar-refractivity contribution < 1.29 is 14.3 Å². The molecular weight excluding hydrogens is 234 g/mol. The number of ether oxygens (including phenoxy) is 1. The fourth-order valence-corrected chi connectivity index (χ4v) is 1.43. The van der Waals surface area contributed by atoms with Crippen LogP contribution in [0.5, 0.6) is 0 Å². The van der Waals surface area contributed by atoms with Crippen LogP contribution in [0.4, 0.5) is 4.79 Å². The molecule has 0 aliphatic rings. The largest absolute Gasteiger partial charge is 0.444 e. The SMILES string of the molecule is CN(C(=O)OC(C)(C)C)C(C=O)c1nccn1C. The number of aldehydes is 1. The van der Waals surface area contributed by atoms with E-state index >= 15 is 0 Å². The normalized spacial score (nSPS) is 12.9. The monoisotopic (exact) mass is 253 g/mol. The van der Waals surface area contributed by atoms with Crippen molar-refractivity contribution in [3.8, 4) is 0 Å². The molecule has 1 amide bonds. The van der Waals surface area contributed by atoms with Gasteiger partial charge < -0.3 is 14.1 Å². The van der Waals surface area contributed by atoms with E-state index in [-0.39, 0.29) is 0 Å². The number of aromatic nitrogens is 2. The Hall–Kier alpha value is -1.85. The molecule has 6 nitrogen and oxygen atoms in total. The van der Waals surface area contributed by atoms with Gasteiger partial charge in [0.25, 0.3) is 0 Å². The van der Waals surface area contributed by atoms with Crippen molar-refractivity contribution in [2.24, 2.45) is 7.05 Å². The van der Waals surface area contributed by atoms with E-state index in [2.05, 4.69) is 4.98 Å². The Morgan fingerprint density at radius 2 is 2.17 bits per heavy atom. The van der Waals surface area contributed by atoms with E-state index in [0.29, 0.717) is 12.1 Å². The fourth-order valence-electron chi connectivity index (χ4n) is 1.43. The van der Waals surface area contributed by atoms with Crippen LogP contribution >= 0.6 is 0 Å². The van der Waals surface area contributed by atoms with Crippen LogP contribution < -0.4 is 0 Å². The zero-order chi connectivity index (χ0) is 13.9. The lowest BCUT2D eigenvalue weighted by Gasteiger charge is -2.27. The first-order chi connectivity index (χ1) is 8.26. The Bertz CT molecular complexity index is 434. The third-order valence-electron chi connectivity index (χ3n) is 2.35. The van der Waals surface area contributed by atoms with E-state index in [9.17, 15) is 9.59 Å². The maximum Gasteiger partial charge on any atom is 0.411 e. The molecule has 0 fully saturated rings. The summed E-state index contributed by atoms with van der Waals surface area (Å²) in [6, 6.07) is -0.750. The minimum Gasteiger partial charge on any atom is -0.444 e. The molecule has 0 N–H and O–H groups in total. The van der Waals surface area contributed by atoms with Gasteiger partial charge in [0.05, 0.1) is 0 Å².